The van der Waals surface area contributed by atoms with E-state index in [-0.39, 0.29) is 11.9 Å². The number of nitrogens with zero attached hydrogens (tertiary/aromatic N) is 1. The Morgan fingerprint density at radius 3 is 2.81 bits per heavy atom. The number of carboxylic acids is 1. The molecule has 16 heavy (non-hydrogen) atoms. The lowest BCUT2D eigenvalue weighted by atomic mass is 10.0. The van der Waals surface area contributed by atoms with Crippen LogP contribution in [0.25, 0.3) is 0 Å². The highest BCUT2D eigenvalue weighted by Crippen LogP contribution is 2.25. The van der Waals surface area contributed by atoms with Crippen molar-refractivity contribution in [1.29, 1.82) is 0 Å². The Hall–Kier alpha value is -0.750. The third kappa shape index (κ3) is 2.04. The summed E-state index contributed by atoms with van der Waals surface area (Å²) in [6, 6.07) is -0.840. The number of hydrogen-bond acceptors (Lipinski definition) is 4. The number of carbonyl (C=O) groups is 2. The minimum atomic E-state index is -0.899. The topological polar surface area (TPSA) is 69.6 Å². The van der Waals surface area contributed by atoms with E-state index in [1.807, 2.05) is 6.92 Å². The van der Waals surface area contributed by atoms with Gasteiger partial charge < -0.3 is 15.3 Å². The minimum Gasteiger partial charge on any atom is -0.480 e. The number of aliphatic carboxylic acids is 1. The van der Waals surface area contributed by atoms with Crippen LogP contribution in [0.2, 0.25) is 0 Å². The van der Waals surface area contributed by atoms with Crippen molar-refractivity contribution >= 4 is 23.6 Å². The maximum Gasteiger partial charge on any atom is 0.327 e. The van der Waals surface area contributed by atoms with Crippen molar-refractivity contribution < 1.29 is 14.7 Å². The molecule has 1 amide bonds. The van der Waals surface area contributed by atoms with E-state index in [0.29, 0.717) is 17.5 Å². The highest BCUT2D eigenvalue weighted by molar-refractivity contribution is 7.99. The first-order chi connectivity index (χ1) is 7.61. The number of amides is 1. The molecule has 5 nitrogen and oxygen atoms in total. The minimum absolute atomic E-state index is 0.0533. The molecule has 0 bridgehead atoms. The Labute approximate surface area is 98.6 Å². The molecule has 2 aliphatic rings. The molecule has 2 saturated heterocycles. The monoisotopic (exact) mass is 244 g/mol. The largest absolute Gasteiger partial charge is 0.480 e. The van der Waals surface area contributed by atoms with Crippen LogP contribution in [0.15, 0.2) is 0 Å². The third-order valence-electron chi connectivity index (χ3n) is 3.25. The molecule has 0 aliphatic carbocycles. The Bertz CT molecular complexity index is 310. The number of carbonyl (C=O) groups excluding carboxylic acids is 1. The van der Waals surface area contributed by atoms with Gasteiger partial charge in [-0.05, 0) is 18.9 Å². The summed E-state index contributed by atoms with van der Waals surface area (Å²) in [5.74, 6) is 0.349. The van der Waals surface area contributed by atoms with E-state index in [9.17, 15) is 9.59 Å². The molecule has 0 radical (unpaired) electrons. The molecule has 0 spiro atoms. The van der Waals surface area contributed by atoms with Gasteiger partial charge in [0.1, 0.15) is 6.04 Å². The van der Waals surface area contributed by atoms with E-state index in [1.54, 1.807) is 0 Å². The fourth-order valence-corrected chi connectivity index (χ4v) is 3.36. The summed E-state index contributed by atoms with van der Waals surface area (Å²) in [6.07, 6.45) is 0.981. The van der Waals surface area contributed by atoms with Gasteiger partial charge in [-0.3, -0.25) is 4.79 Å². The Morgan fingerprint density at radius 2 is 2.25 bits per heavy atom. The molecule has 6 heteroatoms. The Balaban J connectivity index is 2.06. The van der Waals surface area contributed by atoms with Crippen molar-refractivity contribution in [1.82, 2.24) is 10.2 Å². The standard InChI is InChI=1S/C10H16N2O3S/c1-6-2-3-11-8(6)9(13)12-5-16-4-7(12)10(14)15/h6-8,11H,2-5H2,1H3,(H,14,15)/t6?,7-,8?/m0/s1. The second-order valence-electron chi connectivity index (χ2n) is 4.36. The van der Waals surface area contributed by atoms with E-state index in [0.717, 1.165) is 13.0 Å². The third-order valence-corrected chi connectivity index (χ3v) is 4.26. The summed E-state index contributed by atoms with van der Waals surface area (Å²) in [4.78, 5) is 24.6. The van der Waals surface area contributed by atoms with E-state index >= 15 is 0 Å². The predicted molar refractivity (Wildman–Crippen MR) is 61.2 cm³/mol. The normalized spacial score (nSPS) is 34.3. The molecule has 90 valence electrons. The average Bonchev–Trinajstić information content (AvgIpc) is 2.84. The van der Waals surface area contributed by atoms with E-state index < -0.39 is 12.0 Å². The van der Waals surface area contributed by atoms with Gasteiger partial charge in [-0.2, -0.15) is 0 Å². The molecule has 0 saturated carbocycles. The summed E-state index contributed by atoms with van der Waals surface area (Å²) in [6.45, 7) is 2.87. The Morgan fingerprint density at radius 1 is 1.50 bits per heavy atom. The fraction of sp³-hybridized carbons (Fsp3) is 0.800. The first-order valence-corrected chi connectivity index (χ1v) is 6.61. The van der Waals surface area contributed by atoms with Gasteiger partial charge in [0.25, 0.3) is 0 Å². The number of nitrogens with one attached hydrogen (secondary N) is 1. The lowest BCUT2D eigenvalue weighted by Crippen LogP contribution is -2.50. The van der Waals surface area contributed by atoms with Crippen LogP contribution in [0.1, 0.15) is 13.3 Å². The van der Waals surface area contributed by atoms with Crippen molar-refractivity contribution in [3.63, 3.8) is 0 Å². The van der Waals surface area contributed by atoms with Crippen molar-refractivity contribution in [2.45, 2.75) is 25.4 Å². The lowest BCUT2D eigenvalue weighted by molar-refractivity contribution is -0.148. The molecule has 2 aliphatic heterocycles. The highest BCUT2D eigenvalue weighted by atomic mass is 32.2. The molecule has 0 aromatic rings. The smallest absolute Gasteiger partial charge is 0.327 e. The van der Waals surface area contributed by atoms with Crippen molar-refractivity contribution in [2.75, 3.05) is 18.2 Å². The van der Waals surface area contributed by atoms with Crippen LogP contribution in [0.3, 0.4) is 0 Å². The van der Waals surface area contributed by atoms with Crippen molar-refractivity contribution in [3.8, 4) is 0 Å². The average molecular weight is 244 g/mol. The molecular weight excluding hydrogens is 228 g/mol. The van der Waals surface area contributed by atoms with Crippen LogP contribution < -0.4 is 5.32 Å². The number of hydrogen-bond donors (Lipinski definition) is 2. The molecule has 0 aromatic carbocycles. The van der Waals surface area contributed by atoms with Crippen LogP contribution in [0.5, 0.6) is 0 Å². The SMILES string of the molecule is CC1CCNC1C(=O)N1CSC[C@H]1C(=O)O. The maximum atomic E-state index is 12.2. The van der Waals surface area contributed by atoms with Crippen molar-refractivity contribution in [3.05, 3.63) is 0 Å². The number of thioether (sulfide) groups is 1. The molecule has 2 N–H and O–H groups in total. The van der Waals surface area contributed by atoms with Crippen LogP contribution in [0, 0.1) is 5.92 Å². The molecule has 2 fully saturated rings. The van der Waals surface area contributed by atoms with Crippen LogP contribution in [-0.2, 0) is 9.59 Å². The summed E-state index contributed by atoms with van der Waals surface area (Å²) in [7, 11) is 0. The van der Waals surface area contributed by atoms with Gasteiger partial charge in [0.2, 0.25) is 5.91 Å². The zero-order valence-electron chi connectivity index (χ0n) is 9.18. The predicted octanol–water partition coefficient (Wildman–Crippen LogP) is -0.0295. The van der Waals surface area contributed by atoms with Crippen LogP contribution >= 0.6 is 11.8 Å². The van der Waals surface area contributed by atoms with Gasteiger partial charge in [-0.1, -0.05) is 6.92 Å². The first kappa shape index (κ1) is 11.7. The quantitative estimate of drug-likeness (QED) is 0.714. The van der Waals surface area contributed by atoms with E-state index in [4.69, 9.17) is 5.11 Å². The maximum absolute atomic E-state index is 12.2. The second-order valence-corrected chi connectivity index (χ2v) is 5.36. The highest BCUT2D eigenvalue weighted by Gasteiger charge is 2.40. The summed E-state index contributed by atoms with van der Waals surface area (Å²) in [5, 5.41) is 12.2. The first-order valence-electron chi connectivity index (χ1n) is 5.45. The lowest BCUT2D eigenvalue weighted by Gasteiger charge is -2.25. The van der Waals surface area contributed by atoms with Gasteiger partial charge >= 0.3 is 5.97 Å². The van der Waals surface area contributed by atoms with E-state index in [1.165, 1.54) is 16.7 Å². The fourth-order valence-electron chi connectivity index (χ4n) is 2.21. The molecule has 0 aromatic heterocycles. The zero-order valence-corrected chi connectivity index (χ0v) is 10.00. The van der Waals surface area contributed by atoms with Gasteiger partial charge in [-0.15, -0.1) is 11.8 Å². The second kappa shape index (κ2) is 4.63. The Kier molecular flexibility index (Phi) is 3.39. The van der Waals surface area contributed by atoms with Crippen molar-refractivity contribution in [2.24, 2.45) is 5.92 Å². The van der Waals surface area contributed by atoms with E-state index in [2.05, 4.69) is 5.32 Å². The summed E-state index contributed by atoms with van der Waals surface area (Å²) < 4.78 is 0. The molecule has 3 atom stereocenters. The van der Waals surface area contributed by atoms with Gasteiger partial charge in [0.15, 0.2) is 0 Å². The molecule has 2 rings (SSSR count). The zero-order chi connectivity index (χ0) is 11.7. The van der Waals surface area contributed by atoms with Crippen LogP contribution in [-0.4, -0.2) is 52.1 Å². The van der Waals surface area contributed by atoms with Gasteiger partial charge in [-0.25, -0.2) is 4.79 Å². The molecular formula is C10H16N2O3S. The molecule has 2 heterocycles. The van der Waals surface area contributed by atoms with Gasteiger partial charge in [0, 0.05) is 5.75 Å². The summed E-state index contributed by atoms with van der Waals surface area (Å²) in [5.41, 5.74) is 0. The molecule has 2 unspecified atom stereocenters. The summed E-state index contributed by atoms with van der Waals surface area (Å²) >= 11 is 1.50. The van der Waals surface area contributed by atoms with Crippen LogP contribution in [0.4, 0.5) is 0 Å². The van der Waals surface area contributed by atoms with Gasteiger partial charge in [0.05, 0.1) is 11.9 Å². The number of rotatable bonds is 2. The number of carboxylic acid groups (broad SMARTS) is 1.